The van der Waals surface area contributed by atoms with E-state index in [4.69, 9.17) is 0 Å². The van der Waals surface area contributed by atoms with Gasteiger partial charge in [-0.3, -0.25) is 0 Å². The van der Waals surface area contributed by atoms with Gasteiger partial charge in [0, 0.05) is 16.2 Å². The van der Waals surface area contributed by atoms with E-state index in [2.05, 4.69) is 180 Å². The molecule has 214 valence electrons. The van der Waals surface area contributed by atoms with Crippen molar-refractivity contribution in [1.82, 2.24) is 4.57 Å². The van der Waals surface area contributed by atoms with E-state index in [0.29, 0.717) is 0 Å². The lowest BCUT2D eigenvalue weighted by Crippen LogP contribution is -2.65. The van der Waals surface area contributed by atoms with Crippen LogP contribution in [0.15, 0.2) is 169 Å². The Labute approximate surface area is 268 Å². The molecule has 10 rings (SSSR count). The third-order valence-electron chi connectivity index (χ3n) is 10.2. The molecule has 0 atom stereocenters. The van der Waals surface area contributed by atoms with Crippen molar-refractivity contribution < 1.29 is 0 Å². The average molecular weight is 600 g/mol. The van der Waals surface area contributed by atoms with Gasteiger partial charge in [-0.25, -0.2) is 0 Å². The van der Waals surface area contributed by atoms with E-state index in [0.717, 1.165) is 0 Å². The third kappa shape index (κ3) is 3.34. The van der Waals surface area contributed by atoms with Crippen LogP contribution in [0.4, 0.5) is 0 Å². The van der Waals surface area contributed by atoms with Crippen LogP contribution in [0.3, 0.4) is 0 Å². The number of benzene rings is 8. The van der Waals surface area contributed by atoms with Crippen molar-refractivity contribution in [3.8, 4) is 5.69 Å². The Morgan fingerprint density at radius 3 is 1.70 bits per heavy atom. The summed E-state index contributed by atoms with van der Waals surface area (Å²) in [5, 5.41) is 14.7. The summed E-state index contributed by atoms with van der Waals surface area (Å²) in [5.41, 5.74) is 7.76. The first-order chi connectivity index (χ1) is 22.8. The Morgan fingerprint density at radius 1 is 0.413 bits per heavy atom. The number of aromatic nitrogens is 1. The zero-order valence-electron chi connectivity index (χ0n) is 25.2. The Bertz CT molecular complexity index is 2640. The summed E-state index contributed by atoms with van der Waals surface area (Å²) in [7, 11) is -2.65. The first kappa shape index (κ1) is 25.6. The van der Waals surface area contributed by atoms with E-state index in [9.17, 15) is 0 Å². The predicted molar refractivity (Wildman–Crippen MR) is 200 cm³/mol. The van der Waals surface area contributed by atoms with E-state index in [1.807, 2.05) is 0 Å². The molecule has 0 fully saturated rings. The van der Waals surface area contributed by atoms with Crippen LogP contribution >= 0.6 is 0 Å². The molecular formula is C44H29NSi. The Morgan fingerprint density at radius 2 is 0.978 bits per heavy atom. The van der Waals surface area contributed by atoms with Crippen LogP contribution in [0, 0.1) is 0 Å². The number of rotatable bonds is 3. The molecule has 2 heteroatoms. The Hall–Kier alpha value is -5.70. The minimum Gasteiger partial charge on any atom is -0.309 e. The maximum Gasteiger partial charge on any atom is 0.175 e. The molecule has 1 aliphatic rings. The molecule has 0 amide bonds. The molecule has 1 aromatic heterocycles. The number of fused-ring (bicyclic) bond motifs is 11. The van der Waals surface area contributed by atoms with E-state index in [1.54, 1.807) is 0 Å². The highest BCUT2D eigenvalue weighted by Gasteiger charge is 2.45. The maximum absolute atomic E-state index is 2.65. The van der Waals surface area contributed by atoms with E-state index in [1.165, 1.54) is 80.9 Å². The van der Waals surface area contributed by atoms with E-state index < -0.39 is 8.07 Å². The second kappa shape index (κ2) is 9.65. The standard InChI is InChI=1S/C44H29NSi/c1-3-17-32(18-4-1)46(33-19-5-2-6-20-33)29-28-38-36-23-11-12-24-37(36)42-41-35-22-10-8-15-31(35)26-27-40(41)45(43(42)44(38)46)39-25-13-16-30-14-7-9-21-34(30)39/h1-29H. The van der Waals surface area contributed by atoms with Crippen LogP contribution in [0.2, 0.25) is 0 Å². The monoisotopic (exact) mass is 599 g/mol. The summed E-state index contributed by atoms with van der Waals surface area (Å²) in [6.45, 7) is 0. The number of nitrogens with zero attached hydrogens (tertiary/aromatic N) is 1. The zero-order chi connectivity index (χ0) is 30.2. The van der Waals surface area contributed by atoms with Crippen LogP contribution in [0.25, 0.3) is 65.9 Å². The molecule has 8 aromatic carbocycles. The number of hydrogen-bond acceptors (Lipinski definition) is 0. The van der Waals surface area contributed by atoms with Gasteiger partial charge in [-0.1, -0.05) is 163 Å². The minimum absolute atomic E-state index is 1.22. The van der Waals surface area contributed by atoms with Gasteiger partial charge in [0.25, 0.3) is 0 Å². The normalized spacial score (nSPS) is 13.7. The van der Waals surface area contributed by atoms with Gasteiger partial charge in [0.1, 0.15) is 0 Å². The lowest BCUT2D eigenvalue weighted by molar-refractivity contribution is 1.20. The van der Waals surface area contributed by atoms with Crippen molar-refractivity contribution in [3.63, 3.8) is 0 Å². The molecule has 9 aromatic rings. The van der Waals surface area contributed by atoms with Crippen LogP contribution in [0.1, 0.15) is 5.56 Å². The molecular weight excluding hydrogens is 571 g/mol. The summed E-state index contributed by atoms with van der Waals surface area (Å²) in [5.74, 6) is 0. The lowest BCUT2D eigenvalue weighted by atomic mass is 9.97. The van der Waals surface area contributed by atoms with E-state index >= 15 is 0 Å². The van der Waals surface area contributed by atoms with Crippen molar-refractivity contribution in [3.05, 3.63) is 175 Å². The molecule has 1 aliphatic heterocycles. The first-order valence-corrected chi connectivity index (χ1v) is 18.1. The van der Waals surface area contributed by atoms with Gasteiger partial charge in [-0.15, -0.1) is 0 Å². The van der Waals surface area contributed by atoms with Gasteiger partial charge in [0.05, 0.1) is 16.7 Å². The summed E-state index contributed by atoms with van der Waals surface area (Å²) < 4.78 is 2.62. The zero-order valence-corrected chi connectivity index (χ0v) is 26.2. The second-order valence-electron chi connectivity index (χ2n) is 12.4. The fourth-order valence-electron chi connectivity index (χ4n) is 8.32. The highest BCUT2D eigenvalue weighted by Crippen LogP contribution is 2.44. The van der Waals surface area contributed by atoms with Gasteiger partial charge in [-0.05, 0) is 60.2 Å². The summed E-state index contributed by atoms with van der Waals surface area (Å²) in [4.78, 5) is 0. The van der Waals surface area contributed by atoms with Gasteiger partial charge >= 0.3 is 0 Å². The second-order valence-corrected chi connectivity index (χ2v) is 16.0. The topological polar surface area (TPSA) is 4.93 Å². The van der Waals surface area contributed by atoms with Crippen molar-refractivity contribution >= 4 is 83.8 Å². The van der Waals surface area contributed by atoms with Crippen LogP contribution in [0.5, 0.6) is 0 Å². The van der Waals surface area contributed by atoms with Crippen LogP contribution < -0.4 is 15.6 Å². The first-order valence-electron chi connectivity index (χ1n) is 16.0. The highest BCUT2D eigenvalue weighted by atomic mass is 28.3. The third-order valence-corrected chi connectivity index (χ3v) is 14.7. The quantitative estimate of drug-likeness (QED) is 0.178. The molecule has 1 nitrogen and oxygen atoms in total. The maximum atomic E-state index is 2.62. The van der Waals surface area contributed by atoms with Gasteiger partial charge in [-0.2, -0.15) is 0 Å². The summed E-state index contributed by atoms with van der Waals surface area (Å²) in [6, 6.07) is 60.8. The largest absolute Gasteiger partial charge is 0.309 e. The van der Waals surface area contributed by atoms with Gasteiger partial charge in [0.2, 0.25) is 0 Å². The SMILES string of the molecule is C1=C[Si](c2ccccc2)(c2ccccc2)c2c1c1ccccc1c1c3c4ccccc4ccc3n(-c3cccc4ccccc34)c21. The molecule has 0 saturated carbocycles. The van der Waals surface area contributed by atoms with Crippen LogP contribution in [-0.4, -0.2) is 12.6 Å². The van der Waals surface area contributed by atoms with Crippen molar-refractivity contribution in [2.45, 2.75) is 0 Å². The molecule has 0 N–H and O–H groups in total. The Kier molecular flexibility index (Phi) is 5.37. The fourth-order valence-corrected chi connectivity index (χ4v) is 12.9. The van der Waals surface area contributed by atoms with Gasteiger partial charge < -0.3 is 4.57 Å². The summed E-state index contributed by atoms with van der Waals surface area (Å²) >= 11 is 0. The molecule has 0 unspecified atom stereocenters. The number of hydrogen-bond donors (Lipinski definition) is 0. The smallest absolute Gasteiger partial charge is 0.175 e. The van der Waals surface area contributed by atoms with Gasteiger partial charge in [0.15, 0.2) is 8.07 Å². The van der Waals surface area contributed by atoms with E-state index in [-0.39, 0.29) is 0 Å². The van der Waals surface area contributed by atoms with Crippen molar-refractivity contribution in [2.24, 2.45) is 0 Å². The molecule has 2 heterocycles. The molecule has 0 radical (unpaired) electrons. The lowest BCUT2D eigenvalue weighted by Gasteiger charge is -2.30. The molecule has 46 heavy (non-hydrogen) atoms. The predicted octanol–water partition coefficient (Wildman–Crippen LogP) is 9.28. The fraction of sp³-hybridized carbons (Fsp3) is 0. The van der Waals surface area contributed by atoms with Crippen molar-refractivity contribution in [2.75, 3.05) is 0 Å². The minimum atomic E-state index is -2.65. The molecule has 0 aliphatic carbocycles. The van der Waals surface area contributed by atoms with Crippen molar-refractivity contribution in [1.29, 1.82) is 0 Å². The Balaban J connectivity index is 1.54. The molecule has 0 spiro atoms. The summed E-state index contributed by atoms with van der Waals surface area (Å²) in [6.07, 6.45) is 2.45. The molecule has 0 bridgehead atoms. The highest BCUT2D eigenvalue weighted by molar-refractivity contribution is 7.17. The van der Waals surface area contributed by atoms with Crippen LogP contribution in [-0.2, 0) is 0 Å². The average Bonchev–Trinajstić information content (AvgIpc) is 3.70. The molecule has 0 saturated heterocycles.